The highest BCUT2D eigenvalue weighted by molar-refractivity contribution is 5.77. The van der Waals surface area contributed by atoms with E-state index in [2.05, 4.69) is 28.3 Å². The minimum absolute atomic E-state index is 0.0157. The summed E-state index contributed by atoms with van der Waals surface area (Å²) in [6, 6.07) is 11.9. The predicted octanol–water partition coefficient (Wildman–Crippen LogP) is 3.23. The number of fused-ring (bicyclic) bond motifs is 1. The van der Waals surface area contributed by atoms with Crippen LogP contribution in [0.4, 0.5) is 0 Å². The fourth-order valence-corrected chi connectivity index (χ4v) is 2.62. The molecule has 0 spiro atoms. The molecule has 5 nitrogen and oxygen atoms in total. The molecule has 3 rings (SSSR count). The molecule has 1 amide bonds. The van der Waals surface area contributed by atoms with Crippen LogP contribution in [0, 0.1) is 20.8 Å². The van der Waals surface area contributed by atoms with Gasteiger partial charge in [0.25, 0.3) is 5.91 Å². The van der Waals surface area contributed by atoms with E-state index in [0.717, 1.165) is 22.4 Å². The molecule has 0 bridgehead atoms. The average Bonchev–Trinajstić information content (AvgIpc) is 2.97. The number of carbonyl (C=O) groups is 1. The molecule has 0 aliphatic heterocycles. The average molecular weight is 337 g/mol. The summed E-state index contributed by atoms with van der Waals surface area (Å²) in [5.41, 5.74) is 5.53. The van der Waals surface area contributed by atoms with Gasteiger partial charge in [-0.3, -0.25) is 4.79 Å². The Morgan fingerprint density at radius 2 is 1.96 bits per heavy atom. The number of hydrogen-bond donors (Lipinski definition) is 2. The van der Waals surface area contributed by atoms with Gasteiger partial charge < -0.3 is 15.0 Å². The maximum Gasteiger partial charge on any atom is 0.257 e. The summed E-state index contributed by atoms with van der Waals surface area (Å²) in [5.74, 6) is 1.45. The van der Waals surface area contributed by atoms with Crippen molar-refractivity contribution in [3.63, 3.8) is 0 Å². The molecule has 0 saturated heterocycles. The number of aryl methyl sites for hydroxylation is 3. The van der Waals surface area contributed by atoms with Crippen molar-refractivity contribution in [1.29, 1.82) is 0 Å². The summed E-state index contributed by atoms with van der Waals surface area (Å²) >= 11 is 0. The zero-order valence-corrected chi connectivity index (χ0v) is 14.8. The lowest BCUT2D eigenvalue weighted by Gasteiger charge is -2.08. The molecule has 2 N–H and O–H groups in total. The Balaban J connectivity index is 1.46. The Labute approximate surface area is 147 Å². The van der Waals surface area contributed by atoms with Gasteiger partial charge in [-0.2, -0.15) is 0 Å². The molecule has 1 heterocycles. The number of hydrogen-bond acceptors (Lipinski definition) is 3. The minimum atomic E-state index is -0.134. The van der Waals surface area contributed by atoms with Crippen LogP contribution in [0.25, 0.3) is 11.0 Å². The van der Waals surface area contributed by atoms with Crippen molar-refractivity contribution >= 4 is 16.9 Å². The van der Waals surface area contributed by atoms with Crippen LogP contribution >= 0.6 is 0 Å². The number of ether oxygens (including phenoxy) is 1. The van der Waals surface area contributed by atoms with Gasteiger partial charge in [-0.1, -0.05) is 12.1 Å². The van der Waals surface area contributed by atoms with Crippen molar-refractivity contribution in [2.24, 2.45) is 0 Å². The molecule has 130 valence electrons. The number of imidazole rings is 1. The smallest absolute Gasteiger partial charge is 0.257 e. The maximum atomic E-state index is 11.9. The zero-order chi connectivity index (χ0) is 17.8. The third-order valence-corrected chi connectivity index (χ3v) is 4.22. The van der Waals surface area contributed by atoms with Crippen LogP contribution in [0.3, 0.4) is 0 Å². The number of aromatic amines is 1. The lowest BCUT2D eigenvalue weighted by Crippen LogP contribution is -2.30. The largest absolute Gasteiger partial charge is 0.484 e. The van der Waals surface area contributed by atoms with E-state index in [1.54, 1.807) is 0 Å². The predicted molar refractivity (Wildman–Crippen MR) is 99.0 cm³/mol. The molecular weight excluding hydrogens is 314 g/mol. The lowest BCUT2D eigenvalue weighted by molar-refractivity contribution is -0.123. The van der Waals surface area contributed by atoms with E-state index in [1.807, 2.05) is 44.2 Å². The van der Waals surface area contributed by atoms with Crippen LogP contribution < -0.4 is 10.1 Å². The van der Waals surface area contributed by atoms with E-state index in [4.69, 9.17) is 4.74 Å². The van der Waals surface area contributed by atoms with Crippen molar-refractivity contribution in [3.8, 4) is 5.75 Å². The van der Waals surface area contributed by atoms with Crippen molar-refractivity contribution in [1.82, 2.24) is 15.3 Å². The number of benzene rings is 2. The first kappa shape index (κ1) is 17.0. The van der Waals surface area contributed by atoms with Crippen LogP contribution in [-0.4, -0.2) is 29.0 Å². The number of amides is 1. The summed E-state index contributed by atoms with van der Waals surface area (Å²) in [5, 5.41) is 2.86. The Kier molecular flexibility index (Phi) is 5.03. The van der Waals surface area contributed by atoms with E-state index >= 15 is 0 Å². The SMILES string of the molecule is Cc1ccc2nc(CCNC(=O)COc3ccc(C)c(C)c3)[nH]c2c1. The highest BCUT2D eigenvalue weighted by Crippen LogP contribution is 2.16. The van der Waals surface area contributed by atoms with E-state index in [-0.39, 0.29) is 12.5 Å². The summed E-state index contributed by atoms with van der Waals surface area (Å²) in [6.07, 6.45) is 0.656. The molecule has 0 fully saturated rings. The first-order chi connectivity index (χ1) is 12.0. The quantitative estimate of drug-likeness (QED) is 0.726. The Bertz CT molecular complexity index is 899. The zero-order valence-electron chi connectivity index (χ0n) is 14.8. The van der Waals surface area contributed by atoms with Crippen molar-refractivity contribution in [3.05, 3.63) is 58.9 Å². The number of H-pyrrole nitrogens is 1. The fourth-order valence-electron chi connectivity index (χ4n) is 2.62. The number of aromatic nitrogens is 2. The molecule has 0 atom stereocenters. The standard InChI is InChI=1S/C20H23N3O2/c1-13-4-7-17-18(10-13)23-19(22-17)8-9-21-20(24)12-25-16-6-5-14(2)15(3)11-16/h4-7,10-11H,8-9,12H2,1-3H3,(H,21,24)(H,22,23). The second kappa shape index (κ2) is 7.38. The molecule has 0 aliphatic rings. The van der Waals surface area contributed by atoms with Crippen molar-refractivity contribution < 1.29 is 9.53 Å². The molecule has 1 aromatic heterocycles. The highest BCUT2D eigenvalue weighted by Gasteiger charge is 2.06. The van der Waals surface area contributed by atoms with Crippen LogP contribution in [0.5, 0.6) is 5.75 Å². The molecule has 2 aromatic carbocycles. The van der Waals surface area contributed by atoms with Crippen molar-refractivity contribution in [2.75, 3.05) is 13.2 Å². The topological polar surface area (TPSA) is 67.0 Å². The Hall–Kier alpha value is -2.82. The Morgan fingerprint density at radius 1 is 1.12 bits per heavy atom. The minimum Gasteiger partial charge on any atom is -0.484 e. The van der Waals surface area contributed by atoms with Crippen molar-refractivity contribution in [2.45, 2.75) is 27.2 Å². The maximum absolute atomic E-state index is 11.9. The number of carbonyl (C=O) groups excluding carboxylic acids is 1. The van der Waals surface area contributed by atoms with Gasteiger partial charge in [-0.25, -0.2) is 4.98 Å². The van der Waals surface area contributed by atoms with Crippen LogP contribution in [0.15, 0.2) is 36.4 Å². The second-order valence-electron chi connectivity index (χ2n) is 6.34. The molecule has 0 aliphatic carbocycles. The monoisotopic (exact) mass is 337 g/mol. The molecule has 25 heavy (non-hydrogen) atoms. The van der Waals surface area contributed by atoms with Gasteiger partial charge in [0.15, 0.2) is 6.61 Å². The van der Waals surface area contributed by atoms with Crippen LogP contribution in [0.2, 0.25) is 0 Å². The van der Waals surface area contributed by atoms with Crippen LogP contribution in [0.1, 0.15) is 22.5 Å². The first-order valence-corrected chi connectivity index (χ1v) is 8.43. The number of nitrogens with one attached hydrogen (secondary N) is 2. The lowest BCUT2D eigenvalue weighted by atomic mass is 10.1. The van der Waals surface area contributed by atoms with Gasteiger partial charge in [0, 0.05) is 13.0 Å². The van der Waals surface area contributed by atoms with Gasteiger partial charge in [0.1, 0.15) is 11.6 Å². The van der Waals surface area contributed by atoms with Gasteiger partial charge in [-0.15, -0.1) is 0 Å². The molecular formula is C20H23N3O2. The third-order valence-electron chi connectivity index (χ3n) is 4.22. The van der Waals surface area contributed by atoms with E-state index in [0.29, 0.717) is 18.7 Å². The summed E-state index contributed by atoms with van der Waals surface area (Å²) in [7, 11) is 0. The molecule has 0 radical (unpaired) electrons. The van der Waals surface area contributed by atoms with Gasteiger partial charge >= 0.3 is 0 Å². The first-order valence-electron chi connectivity index (χ1n) is 8.43. The summed E-state index contributed by atoms with van der Waals surface area (Å²) in [4.78, 5) is 19.7. The van der Waals surface area contributed by atoms with E-state index in [9.17, 15) is 4.79 Å². The number of rotatable bonds is 6. The van der Waals surface area contributed by atoms with E-state index in [1.165, 1.54) is 11.1 Å². The second-order valence-corrected chi connectivity index (χ2v) is 6.34. The molecule has 0 saturated carbocycles. The molecule has 0 unspecified atom stereocenters. The molecule has 5 heteroatoms. The van der Waals surface area contributed by atoms with Gasteiger partial charge in [0.05, 0.1) is 11.0 Å². The summed E-state index contributed by atoms with van der Waals surface area (Å²) < 4.78 is 5.53. The van der Waals surface area contributed by atoms with E-state index < -0.39 is 0 Å². The fraction of sp³-hybridized carbons (Fsp3) is 0.300. The molecule has 3 aromatic rings. The normalized spacial score (nSPS) is 10.8. The Morgan fingerprint density at radius 3 is 2.76 bits per heavy atom. The summed E-state index contributed by atoms with van der Waals surface area (Å²) in [6.45, 7) is 6.66. The van der Waals surface area contributed by atoms with Gasteiger partial charge in [-0.05, 0) is 61.7 Å². The number of nitrogens with zero attached hydrogens (tertiary/aromatic N) is 1. The van der Waals surface area contributed by atoms with Crippen LogP contribution in [-0.2, 0) is 11.2 Å². The highest BCUT2D eigenvalue weighted by atomic mass is 16.5. The van der Waals surface area contributed by atoms with Gasteiger partial charge in [0.2, 0.25) is 0 Å². The third kappa shape index (κ3) is 4.38.